The molecule has 0 spiro atoms. The average molecular weight is 757 g/mol. The van der Waals surface area contributed by atoms with Crippen LogP contribution in [0, 0.1) is 17.8 Å². The maximum absolute atomic E-state index is 13.6. The van der Waals surface area contributed by atoms with Crippen LogP contribution in [0.5, 0.6) is 5.75 Å². The van der Waals surface area contributed by atoms with Gasteiger partial charge in [0.2, 0.25) is 10.0 Å². The molecular weight excluding hydrogens is 700 g/mol. The Labute approximate surface area is 315 Å². The van der Waals surface area contributed by atoms with Gasteiger partial charge in [-0.2, -0.15) is 0 Å². The molecule has 7 rings (SSSR count). The number of piperazine rings is 1. The van der Waals surface area contributed by atoms with Crippen molar-refractivity contribution in [2.45, 2.75) is 88.7 Å². The van der Waals surface area contributed by atoms with Crippen LogP contribution in [-0.2, 0) is 32.5 Å². The summed E-state index contributed by atoms with van der Waals surface area (Å²) in [5, 5.41) is -0.00795. The smallest absolute Gasteiger partial charge is 0.264 e. The van der Waals surface area contributed by atoms with Crippen LogP contribution in [0.15, 0.2) is 36.4 Å². The Hall–Kier alpha value is -2.41. The number of hydrogen-bond acceptors (Lipinski definition) is 9. The number of nitrogens with one attached hydrogen (secondary N) is 1. The molecule has 286 valence electrons. The van der Waals surface area contributed by atoms with Crippen LogP contribution in [0.3, 0.4) is 0 Å². The van der Waals surface area contributed by atoms with Gasteiger partial charge in [0, 0.05) is 69.6 Å². The summed E-state index contributed by atoms with van der Waals surface area (Å²) in [6.07, 6.45) is 7.50. The highest BCUT2D eigenvalue weighted by Crippen LogP contribution is 2.48. The molecule has 0 aromatic heterocycles. The summed E-state index contributed by atoms with van der Waals surface area (Å²) in [6, 6.07) is 11.7. The molecular formula is C40H57ClN4O6S. The van der Waals surface area contributed by atoms with Gasteiger partial charge in [0.15, 0.2) is 0 Å². The SMILES string of the molecule is CO[C@]1(CN2CCN3CCOC[C@H]3C2)CCC[C@H](C)[C@@H](C)S(=O)(=O)NC(=O)c2ccc3c(c2)N(CCCCc2cc(Cl)ccc2CO3)C[C@@H]2CC[C@H]21. The lowest BCUT2D eigenvalue weighted by molar-refractivity contribution is -0.140. The molecule has 1 aliphatic carbocycles. The van der Waals surface area contributed by atoms with E-state index in [2.05, 4.69) is 19.4 Å². The van der Waals surface area contributed by atoms with Crippen molar-refractivity contribution < 1.29 is 27.4 Å². The van der Waals surface area contributed by atoms with Gasteiger partial charge in [-0.05, 0) is 111 Å². The minimum absolute atomic E-state index is 0.137. The van der Waals surface area contributed by atoms with Gasteiger partial charge in [-0.1, -0.05) is 31.0 Å². The van der Waals surface area contributed by atoms with Crippen molar-refractivity contribution in [1.82, 2.24) is 14.5 Å². The minimum atomic E-state index is -3.92. The van der Waals surface area contributed by atoms with E-state index in [-0.39, 0.29) is 11.5 Å². The Morgan fingerprint density at radius 3 is 2.65 bits per heavy atom. The molecule has 12 heteroatoms. The molecule has 0 unspecified atom stereocenters. The molecule has 1 saturated carbocycles. The van der Waals surface area contributed by atoms with Crippen molar-refractivity contribution in [2.75, 3.05) is 71.0 Å². The van der Waals surface area contributed by atoms with Gasteiger partial charge in [-0.25, -0.2) is 13.1 Å². The van der Waals surface area contributed by atoms with Crippen molar-refractivity contribution in [3.63, 3.8) is 0 Å². The molecule has 10 nitrogen and oxygen atoms in total. The third-order valence-electron chi connectivity index (χ3n) is 13.0. The van der Waals surface area contributed by atoms with Crippen LogP contribution >= 0.6 is 11.6 Å². The summed E-state index contributed by atoms with van der Waals surface area (Å²) in [5.74, 6) is 0.693. The third-order valence-corrected chi connectivity index (χ3v) is 15.1. The first-order valence-corrected chi connectivity index (χ1v) is 21.4. The van der Waals surface area contributed by atoms with E-state index in [0.29, 0.717) is 35.8 Å². The number of benzene rings is 2. The summed E-state index contributed by atoms with van der Waals surface area (Å²) in [4.78, 5) is 21.2. The standard InChI is InChI=1S/C40H57ClN4O6S/c1-28-7-6-15-40(49-3,27-43-17-18-44-19-20-50-26-35(44)24-43)36-13-10-32(36)23-45-16-5-4-8-30-21-34(41)12-9-33(30)25-51-38-14-11-31(22-37(38)45)39(46)42-52(47,48)29(28)2/h9,11-12,14,21-22,28-29,32,35-36H,4-8,10,13,15-20,23-27H2,1-3H3,(H,42,46)/t28-,29+,32-,35+,36+,40-/m0/s1. The molecule has 2 aromatic rings. The second-order valence-corrected chi connectivity index (χ2v) is 18.5. The highest BCUT2D eigenvalue weighted by atomic mass is 35.5. The predicted molar refractivity (Wildman–Crippen MR) is 205 cm³/mol. The molecule has 52 heavy (non-hydrogen) atoms. The lowest BCUT2D eigenvalue weighted by Gasteiger charge is -2.54. The second-order valence-electron chi connectivity index (χ2n) is 16.1. The number of ether oxygens (including phenoxy) is 3. The van der Waals surface area contributed by atoms with Crippen molar-refractivity contribution >= 4 is 33.2 Å². The van der Waals surface area contributed by atoms with Crippen LogP contribution in [0.25, 0.3) is 0 Å². The van der Waals surface area contributed by atoms with E-state index < -0.39 is 21.2 Å². The van der Waals surface area contributed by atoms with Gasteiger partial charge in [0.25, 0.3) is 5.91 Å². The van der Waals surface area contributed by atoms with E-state index in [1.807, 2.05) is 44.4 Å². The number of sulfonamides is 1. The maximum Gasteiger partial charge on any atom is 0.264 e. The summed E-state index contributed by atoms with van der Waals surface area (Å²) >= 11 is 6.41. The monoisotopic (exact) mass is 756 g/mol. The van der Waals surface area contributed by atoms with Crippen LogP contribution in [0.1, 0.15) is 80.3 Å². The van der Waals surface area contributed by atoms with E-state index in [9.17, 15) is 13.2 Å². The number of fused-ring (bicyclic) bond motifs is 4. The third kappa shape index (κ3) is 8.15. The first-order chi connectivity index (χ1) is 25.0. The number of morpholine rings is 1. The molecule has 0 radical (unpaired) electrons. The molecule has 4 aliphatic heterocycles. The summed E-state index contributed by atoms with van der Waals surface area (Å²) < 4.78 is 48.9. The van der Waals surface area contributed by atoms with Crippen molar-refractivity contribution in [3.8, 4) is 5.75 Å². The number of carbonyl (C=O) groups is 1. The van der Waals surface area contributed by atoms with E-state index >= 15 is 0 Å². The summed E-state index contributed by atoms with van der Waals surface area (Å²) in [7, 11) is -2.03. The Morgan fingerprint density at radius 2 is 1.85 bits per heavy atom. The highest BCUT2D eigenvalue weighted by molar-refractivity contribution is 7.90. The largest absolute Gasteiger partial charge is 0.487 e. The zero-order valence-corrected chi connectivity index (χ0v) is 32.7. The normalized spacial score (nSPS) is 32.1. The molecule has 4 heterocycles. The topological polar surface area (TPSA) is 101 Å². The van der Waals surface area contributed by atoms with Gasteiger partial charge in [0.1, 0.15) is 12.4 Å². The van der Waals surface area contributed by atoms with Crippen molar-refractivity contribution in [2.24, 2.45) is 17.8 Å². The predicted octanol–water partition coefficient (Wildman–Crippen LogP) is 5.76. The fraction of sp³-hybridized carbons (Fsp3) is 0.675. The maximum atomic E-state index is 13.6. The Bertz CT molecular complexity index is 1690. The fourth-order valence-electron chi connectivity index (χ4n) is 9.42. The first kappa shape index (κ1) is 37.9. The summed E-state index contributed by atoms with van der Waals surface area (Å²) in [5.41, 5.74) is 3.08. The quantitative estimate of drug-likeness (QED) is 0.420. The van der Waals surface area contributed by atoms with Gasteiger partial charge < -0.3 is 19.1 Å². The Balaban J connectivity index is 1.23. The molecule has 1 N–H and O–H groups in total. The van der Waals surface area contributed by atoms with Crippen molar-refractivity contribution in [1.29, 1.82) is 0 Å². The summed E-state index contributed by atoms with van der Waals surface area (Å²) in [6.45, 7) is 12.2. The van der Waals surface area contributed by atoms with Crippen LogP contribution < -0.4 is 14.4 Å². The average Bonchev–Trinajstić information content (AvgIpc) is 3.15. The molecule has 3 fully saturated rings. The second kappa shape index (κ2) is 16.1. The molecule has 5 aliphatic rings. The molecule has 2 saturated heterocycles. The number of nitrogens with zero attached hydrogens (tertiary/aromatic N) is 3. The lowest BCUT2D eigenvalue weighted by atomic mass is 9.62. The Morgan fingerprint density at radius 1 is 0.981 bits per heavy atom. The number of aryl methyl sites for hydroxylation is 1. The molecule has 1 amide bonds. The zero-order valence-electron chi connectivity index (χ0n) is 31.2. The number of anilines is 1. The van der Waals surface area contributed by atoms with Crippen LogP contribution in [0.4, 0.5) is 5.69 Å². The first-order valence-electron chi connectivity index (χ1n) is 19.5. The van der Waals surface area contributed by atoms with Crippen molar-refractivity contribution in [3.05, 3.63) is 58.1 Å². The number of amides is 1. The zero-order chi connectivity index (χ0) is 36.5. The molecule has 2 aromatic carbocycles. The van der Waals surface area contributed by atoms with E-state index in [0.717, 1.165) is 127 Å². The number of carbonyl (C=O) groups excluding carboxylic acids is 1. The van der Waals surface area contributed by atoms with Gasteiger partial charge in [0.05, 0.1) is 29.8 Å². The van der Waals surface area contributed by atoms with Crippen LogP contribution in [-0.4, -0.2) is 107 Å². The van der Waals surface area contributed by atoms with Crippen LogP contribution in [0.2, 0.25) is 5.02 Å². The van der Waals surface area contributed by atoms with E-state index in [1.54, 1.807) is 13.0 Å². The fourth-order valence-corrected chi connectivity index (χ4v) is 10.9. The van der Waals surface area contributed by atoms with Gasteiger partial charge >= 0.3 is 0 Å². The van der Waals surface area contributed by atoms with Gasteiger partial charge in [-0.3, -0.25) is 14.6 Å². The van der Waals surface area contributed by atoms with Gasteiger partial charge in [-0.15, -0.1) is 0 Å². The number of rotatable bonds is 3. The van der Waals surface area contributed by atoms with E-state index in [1.165, 1.54) is 5.56 Å². The Kier molecular flexibility index (Phi) is 11.8. The lowest BCUT2D eigenvalue weighted by Crippen LogP contribution is -2.63. The molecule has 2 bridgehead atoms. The number of methoxy groups -OCH3 is 1. The number of halogens is 1. The van der Waals surface area contributed by atoms with E-state index in [4.69, 9.17) is 25.8 Å². The molecule has 6 atom stereocenters. The number of hydrogen-bond donors (Lipinski definition) is 1. The minimum Gasteiger partial charge on any atom is -0.487 e. The highest BCUT2D eigenvalue weighted by Gasteiger charge is 2.50.